The highest BCUT2D eigenvalue weighted by Crippen LogP contribution is 2.23. The Morgan fingerprint density at radius 3 is 3.05 bits per heavy atom. The zero-order valence-corrected chi connectivity index (χ0v) is 11.7. The molecule has 1 aromatic rings. The van der Waals surface area contributed by atoms with Crippen molar-refractivity contribution in [2.75, 3.05) is 20.1 Å². The van der Waals surface area contributed by atoms with Gasteiger partial charge in [0.25, 0.3) is 0 Å². The summed E-state index contributed by atoms with van der Waals surface area (Å²) in [6.07, 6.45) is 1.61. The fourth-order valence-corrected chi connectivity index (χ4v) is 2.69. The minimum Gasteiger partial charge on any atom is -0.359 e. The number of amides is 1. The van der Waals surface area contributed by atoms with Crippen molar-refractivity contribution in [2.45, 2.75) is 19.4 Å². The van der Waals surface area contributed by atoms with Gasteiger partial charge in [0.05, 0.1) is 5.02 Å². The van der Waals surface area contributed by atoms with Crippen LogP contribution in [0.5, 0.6) is 0 Å². The predicted molar refractivity (Wildman–Crippen MR) is 73.5 cm³/mol. The van der Waals surface area contributed by atoms with Crippen molar-refractivity contribution in [1.29, 1.82) is 0 Å². The number of hydrogen-bond donors (Lipinski definition) is 1. The molecule has 0 saturated carbocycles. The Balaban J connectivity index is 1.87. The molecule has 0 bridgehead atoms. The zero-order chi connectivity index (χ0) is 13.8. The summed E-state index contributed by atoms with van der Waals surface area (Å²) >= 11 is 5.77. The molecule has 3 nitrogen and oxygen atoms in total. The van der Waals surface area contributed by atoms with E-state index in [0.29, 0.717) is 12.3 Å². The van der Waals surface area contributed by atoms with E-state index < -0.39 is 0 Å². The van der Waals surface area contributed by atoms with Crippen LogP contribution in [0.2, 0.25) is 5.02 Å². The molecule has 19 heavy (non-hydrogen) atoms. The first-order chi connectivity index (χ1) is 9.08. The van der Waals surface area contributed by atoms with Gasteiger partial charge < -0.3 is 5.32 Å². The van der Waals surface area contributed by atoms with E-state index in [1.807, 2.05) is 0 Å². The number of benzene rings is 1. The molecule has 2 rings (SSSR count). The number of nitrogens with one attached hydrogen (secondary N) is 1. The first kappa shape index (κ1) is 14.3. The molecular weight excluding hydrogens is 267 g/mol. The summed E-state index contributed by atoms with van der Waals surface area (Å²) in [5.41, 5.74) is 1.01. The molecule has 1 N–H and O–H groups in total. The quantitative estimate of drug-likeness (QED) is 0.921. The zero-order valence-electron chi connectivity index (χ0n) is 11.0. The average Bonchev–Trinajstić information content (AvgIpc) is 2.81. The molecule has 1 saturated heterocycles. The molecule has 1 fully saturated rings. The summed E-state index contributed by atoms with van der Waals surface area (Å²) in [5.74, 6) is 0.122. The van der Waals surface area contributed by atoms with Crippen LogP contribution in [-0.4, -0.2) is 30.9 Å². The second-order valence-electron chi connectivity index (χ2n) is 5.02. The van der Waals surface area contributed by atoms with E-state index in [1.165, 1.54) is 6.07 Å². The van der Waals surface area contributed by atoms with Crippen LogP contribution in [0.3, 0.4) is 0 Å². The van der Waals surface area contributed by atoms with Crippen LogP contribution < -0.4 is 5.32 Å². The summed E-state index contributed by atoms with van der Waals surface area (Å²) in [6, 6.07) is 4.83. The fraction of sp³-hybridized carbons (Fsp3) is 0.500. The van der Waals surface area contributed by atoms with Gasteiger partial charge in [-0.05, 0) is 36.6 Å². The molecule has 1 aliphatic heterocycles. The molecule has 1 aliphatic rings. The van der Waals surface area contributed by atoms with Crippen molar-refractivity contribution in [2.24, 2.45) is 5.92 Å². The van der Waals surface area contributed by atoms with E-state index in [2.05, 4.69) is 10.2 Å². The normalized spacial score (nSPS) is 19.6. The molecule has 1 atom stereocenters. The minimum atomic E-state index is -0.385. The summed E-state index contributed by atoms with van der Waals surface area (Å²) in [6.45, 7) is 2.63. The maximum atomic E-state index is 13.1. The van der Waals surface area contributed by atoms with Crippen molar-refractivity contribution in [1.82, 2.24) is 10.2 Å². The molecule has 0 unspecified atom stereocenters. The highest BCUT2D eigenvalue weighted by molar-refractivity contribution is 6.30. The number of likely N-dealkylation sites (tertiary alicyclic amines) is 1. The summed E-state index contributed by atoms with van der Waals surface area (Å²) in [4.78, 5) is 13.6. The van der Waals surface area contributed by atoms with Gasteiger partial charge in [0.1, 0.15) is 5.82 Å². The lowest BCUT2D eigenvalue weighted by atomic mass is 10.0. The average molecular weight is 285 g/mol. The van der Waals surface area contributed by atoms with Gasteiger partial charge in [-0.2, -0.15) is 0 Å². The van der Waals surface area contributed by atoms with Gasteiger partial charge in [0.2, 0.25) is 5.91 Å². The largest absolute Gasteiger partial charge is 0.359 e. The highest BCUT2D eigenvalue weighted by Gasteiger charge is 2.24. The summed E-state index contributed by atoms with van der Waals surface area (Å²) in [7, 11) is 1.66. The maximum absolute atomic E-state index is 13.1. The third kappa shape index (κ3) is 3.91. The van der Waals surface area contributed by atoms with E-state index in [9.17, 15) is 9.18 Å². The number of carbonyl (C=O) groups excluding carboxylic acids is 1. The third-order valence-electron chi connectivity index (χ3n) is 3.51. The van der Waals surface area contributed by atoms with Gasteiger partial charge in [0.15, 0.2) is 0 Å². The third-order valence-corrected chi connectivity index (χ3v) is 3.80. The Hall–Kier alpha value is -1.13. The summed E-state index contributed by atoms with van der Waals surface area (Å²) in [5, 5.41) is 2.82. The van der Waals surface area contributed by atoms with E-state index in [-0.39, 0.29) is 16.7 Å². The fourth-order valence-electron chi connectivity index (χ4n) is 2.48. The lowest BCUT2D eigenvalue weighted by Crippen LogP contribution is -2.24. The first-order valence-electron chi connectivity index (χ1n) is 6.45. The smallest absolute Gasteiger partial charge is 0.220 e. The van der Waals surface area contributed by atoms with E-state index in [0.717, 1.165) is 31.6 Å². The van der Waals surface area contributed by atoms with Gasteiger partial charge in [-0.15, -0.1) is 0 Å². The Kier molecular flexibility index (Phi) is 4.77. The number of hydrogen-bond acceptors (Lipinski definition) is 2. The molecular formula is C14H18ClFN2O. The molecule has 0 radical (unpaired) electrons. The van der Waals surface area contributed by atoms with Crippen LogP contribution in [0.25, 0.3) is 0 Å². The van der Waals surface area contributed by atoms with Crippen molar-refractivity contribution in [3.05, 3.63) is 34.6 Å². The van der Waals surface area contributed by atoms with E-state index in [4.69, 9.17) is 11.6 Å². The summed E-state index contributed by atoms with van der Waals surface area (Å²) < 4.78 is 13.1. The van der Waals surface area contributed by atoms with Crippen molar-refractivity contribution in [3.63, 3.8) is 0 Å². The predicted octanol–water partition coefficient (Wildman–Crippen LogP) is 2.44. The maximum Gasteiger partial charge on any atom is 0.220 e. The highest BCUT2D eigenvalue weighted by atomic mass is 35.5. The number of nitrogens with zero attached hydrogens (tertiary/aromatic N) is 1. The van der Waals surface area contributed by atoms with Crippen LogP contribution >= 0.6 is 11.6 Å². The molecule has 0 aliphatic carbocycles. The molecule has 0 aromatic heterocycles. The lowest BCUT2D eigenvalue weighted by Gasteiger charge is -2.16. The number of carbonyl (C=O) groups is 1. The van der Waals surface area contributed by atoms with Crippen LogP contribution in [-0.2, 0) is 11.3 Å². The molecule has 1 amide bonds. The van der Waals surface area contributed by atoms with Gasteiger partial charge >= 0.3 is 0 Å². The van der Waals surface area contributed by atoms with Crippen LogP contribution in [0, 0.1) is 11.7 Å². The van der Waals surface area contributed by atoms with Crippen LogP contribution in [0.1, 0.15) is 18.4 Å². The lowest BCUT2D eigenvalue weighted by molar-refractivity contribution is -0.121. The Morgan fingerprint density at radius 1 is 1.58 bits per heavy atom. The second-order valence-corrected chi connectivity index (χ2v) is 5.42. The van der Waals surface area contributed by atoms with E-state index >= 15 is 0 Å². The second kappa shape index (κ2) is 6.35. The van der Waals surface area contributed by atoms with Crippen LogP contribution in [0.15, 0.2) is 18.2 Å². The standard InChI is InChI=1S/C14H18ClFN2O/c1-17-14(19)7-11-4-5-18(9-11)8-10-2-3-13(16)12(15)6-10/h2-3,6,11H,4-5,7-9H2,1H3,(H,17,19)/t11-/m0/s1. The molecule has 1 heterocycles. The van der Waals surface area contributed by atoms with Gasteiger partial charge in [-0.25, -0.2) is 4.39 Å². The minimum absolute atomic E-state index is 0.0941. The Bertz CT molecular complexity index is 467. The van der Waals surface area contributed by atoms with Gasteiger partial charge in [0, 0.05) is 26.6 Å². The number of halogens is 2. The topological polar surface area (TPSA) is 32.3 Å². The monoisotopic (exact) mass is 284 g/mol. The van der Waals surface area contributed by atoms with Gasteiger partial charge in [-0.3, -0.25) is 9.69 Å². The molecule has 104 valence electrons. The molecule has 0 spiro atoms. The van der Waals surface area contributed by atoms with E-state index in [1.54, 1.807) is 19.2 Å². The Labute approximate surface area is 117 Å². The Morgan fingerprint density at radius 2 is 2.37 bits per heavy atom. The van der Waals surface area contributed by atoms with Crippen molar-refractivity contribution < 1.29 is 9.18 Å². The van der Waals surface area contributed by atoms with Crippen molar-refractivity contribution >= 4 is 17.5 Å². The molecule has 5 heteroatoms. The van der Waals surface area contributed by atoms with Crippen LogP contribution in [0.4, 0.5) is 4.39 Å². The first-order valence-corrected chi connectivity index (χ1v) is 6.83. The van der Waals surface area contributed by atoms with Crippen molar-refractivity contribution in [3.8, 4) is 0 Å². The van der Waals surface area contributed by atoms with Gasteiger partial charge in [-0.1, -0.05) is 17.7 Å². The number of rotatable bonds is 4. The SMILES string of the molecule is CNC(=O)C[C@@H]1CCN(Cc2ccc(F)c(Cl)c2)C1. The molecule has 1 aromatic carbocycles.